The largest absolute Gasteiger partial charge is 0.481 e. The molecule has 1 fully saturated rings. The van der Waals surface area contributed by atoms with Crippen molar-refractivity contribution in [2.75, 3.05) is 27.2 Å². The van der Waals surface area contributed by atoms with Gasteiger partial charge in [0.05, 0.1) is 5.41 Å². The van der Waals surface area contributed by atoms with Crippen LogP contribution in [0.4, 0.5) is 4.79 Å². The highest BCUT2D eigenvalue weighted by atomic mass is 16.4. The average Bonchev–Trinajstić information content (AvgIpc) is 2.26. The van der Waals surface area contributed by atoms with Crippen LogP contribution in [-0.2, 0) is 9.59 Å². The van der Waals surface area contributed by atoms with Gasteiger partial charge in [-0.2, -0.15) is 0 Å². The van der Waals surface area contributed by atoms with Crippen molar-refractivity contribution in [1.82, 2.24) is 15.5 Å². The van der Waals surface area contributed by atoms with E-state index in [-0.39, 0.29) is 19.0 Å². The number of rotatable bonds is 5. The smallest absolute Gasteiger partial charge is 0.317 e. The maximum Gasteiger partial charge on any atom is 0.317 e. The zero-order chi connectivity index (χ0) is 13.8. The van der Waals surface area contributed by atoms with Crippen LogP contribution in [0.2, 0.25) is 0 Å². The van der Waals surface area contributed by atoms with E-state index in [2.05, 4.69) is 10.6 Å². The number of carbonyl (C=O) groups excluding carboxylic acids is 2. The Labute approximate surface area is 106 Å². The number of hydrogen-bond acceptors (Lipinski definition) is 3. The van der Waals surface area contributed by atoms with E-state index in [9.17, 15) is 14.4 Å². The zero-order valence-electron chi connectivity index (χ0n) is 10.7. The summed E-state index contributed by atoms with van der Waals surface area (Å²) in [6, 6.07) is -0.439. The molecule has 3 amide bonds. The highest BCUT2D eigenvalue weighted by Crippen LogP contribution is 2.40. The molecule has 7 nitrogen and oxygen atoms in total. The number of carboxylic acids is 1. The monoisotopic (exact) mass is 257 g/mol. The first-order valence-electron chi connectivity index (χ1n) is 5.84. The number of nitrogens with one attached hydrogen (secondary N) is 2. The summed E-state index contributed by atoms with van der Waals surface area (Å²) in [5, 5.41) is 14.1. The topological polar surface area (TPSA) is 98.7 Å². The molecule has 0 aromatic heterocycles. The second-order valence-electron chi connectivity index (χ2n) is 4.63. The van der Waals surface area contributed by atoms with Crippen molar-refractivity contribution in [2.45, 2.75) is 19.3 Å². The van der Waals surface area contributed by atoms with Crippen LogP contribution in [0.5, 0.6) is 0 Å². The first-order valence-corrected chi connectivity index (χ1v) is 5.84. The molecule has 0 atom stereocenters. The van der Waals surface area contributed by atoms with Gasteiger partial charge in [0.25, 0.3) is 0 Å². The van der Waals surface area contributed by atoms with E-state index >= 15 is 0 Å². The molecule has 1 saturated carbocycles. The normalized spacial score (nSPS) is 16.3. The Morgan fingerprint density at radius 1 is 1.33 bits per heavy atom. The molecule has 1 aliphatic rings. The van der Waals surface area contributed by atoms with Crippen molar-refractivity contribution in [1.29, 1.82) is 0 Å². The minimum Gasteiger partial charge on any atom is -0.481 e. The Bertz CT molecular complexity index is 352. The fraction of sp³-hybridized carbons (Fsp3) is 0.727. The molecule has 102 valence electrons. The van der Waals surface area contributed by atoms with Gasteiger partial charge in [0.2, 0.25) is 5.91 Å². The number of carboxylic acid groups (broad SMARTS) is 1. The van der Waals surface area contributed by atoms with Crippen molar-refractivity contribution >= 4 is 17.9 Å². The van der Waals surface area contributed by atoms with E-state index in [1.807, 2.05) is 0 Å². The molecule has 0 aromatic rings. The fourth-order valence-corrected chi connectivity index (χ4v) is 1.82. The summed E-state index contributed by atoms with van der Waals surface area (Å²) in [6.45, 7) is 0.0572. The molecule has 0 aliphatic heterocycles. The number of nitrogens with zero attached hydrogens (tertiary/aromatic N) is 1. The average molecular weight is 257 g/mol. The molecule has 1 rings (SSSR count). The molecule has 0 spiro atoms. The van der Waals surface area contributed by atoms with Crippen LogP contribution in [0.3, 0.4) is 0 Å². The lowest BCUT2D eigenvalue weighted by Gasteiger charge is -2.37. The molecule has 18 heavy (non-hydrogen) atoms. The molecule has 0 radical (unpaired) electrons. The van der Waals surface area contributed by atoms with E-state index in [4.69, 9.17) is 5.11 Å². The highest BCUT2D eigenvalue weighted by molar-refractivity contribution is 5.84. The standard InChI is InChI=1S/C11H19N3O4/c1-12-8(15)6-14(2)10(18)13-7-11(9(16)17)4-3-5-11/h3-7H2,1-2H3,(H,12,15)(H,13,18)(H,16,17). The summed E-state index contributed by atoms with van der Waals surface area (Å²) in [6.07, 6.45) is 2.04. The van der Waals surface area contributed by atoms with Crippen LogP contribution in [0.1, 0.15) is 19.3 Å². The first kappa shape index (κ1) is 14.3. The Hall–Kier alpha value is -1.79. The van der Waals surface area contributed by atoms with Crippen molar-refractivity contribution < 1.29 is 19.5 Å². The number of aliphatic carboxylic acids is 1. The predicted molar refractivity (Wildman–Crippen MR) is 64.0 cm³/mol. The van der Waals surface area contributed by atoms with Crippen molar-refractivity contribution in [2.24, 2.45) is 5.41 Å². The SMILES string of the molecule is CNC(=O)CN(C)C(=O)NCC1(C(=O)O)CCC1. The third-order valence-corrected chi connectivity index (χ3v) is 3.35. The van der Waals surface area contributed by atoms with Crippen LogP contribution < -0.4 is 10.6 Å². The van der Waals surface area contributed by atoms with E-state index in [0.29, 0.717) is 12.8 Å². The summed E-state index contributed by atoms with van der Waals surface area (Å²) in [5.74, 6) is -1.15. The van der Waals surface area contributed by atoms with E-state index in [0.717, 1.165) is 6.42 Å². The summed E-state index contributed by atoms with van der Waals surface area (Å²) in [7, 11) is 2.97. The highest BCUT2D eigenvalue weighted by Gasteiger charge is 2.44. The summed E-state index contributed by atoms with van der Waals surface area (Å²) < 4.78 is 0. The molecule has 0 aromatic carbocycles. The van der Waals surface area contributed by atoms with Gasteiger partial charge in [-0.25, -0.2) is 4.79 Å². The Balaban J connectivity index is 2.41. The first-order chi connectivity index (χ1) is 8.41. The number of hydrogen-bond donors (Lipinski definition) is 3. The number of carbonyl (C=O) groups is 3. The molecular formula is C11H19N3O4. The molecular weight excluding hydrogens is 238 g/mol. The summed E-state index contributed by atoms with van der Waals surface area (Å²) >= 11 is 0. The Kier molecular flexibility index (Phi) is 4.52. The molecule has 3 N–H and O–H groups in total. The number of amides is 3. The zero-order valence-corrected chi connectivity index (χ0v) is 10.7. The lowest BCUT2D eigenvalue weighted by Crippen LogP contribution is -2.51. The quantitative estimate of drug-likeness (QED) is 0.625. The molecule has 0 unspecified atom stereocenters. The van der Waals surface area contributed by atoms with Gasteiger partial charge in [-0.15, -0.1) is 0 Å². The van der Waals surface area contributed by atoms with Crippen LogP contribution in [0, 0.1) is 5.41 Å². The molecule has 7 heteroatoms. The number of likely N-dealkylation sites (N-methyl/N-ethyl adjacent to an activating group) is 2. The molecule has 0 bridgehead atoms. The second-order valence-corrected chi connectivity index (χ2v) is 4.63. The van der Waals surface area contributed by atoms with Gasteiger partial charge in [0, 0.05) is 20.6 Å². The van der Waals surface area contributed by atoms with Crippen molar-refractivity contribution in [3.05, 3.63) is 0 Å². The van der Waals surface area contributed by atoms with Gasteiger partial charge in [-0.3, -0.25) is 9.59 Å². The lowest BCUT2D eigenvalue weighted by molar-refractivity contribution is -0.153. The third-order valence-electron chi connectivity index (χ3n) is 3.35. The third kappa shape index (κ3) is 3.12. The molecule has 1 aliphatic carbocycles. The van der Waals surface area contributed by atoms with Gasteiger partial charge in [-0.1, -0.05) is 6.42 Å². The summed E-state index contributed by atoms with van der Waals surface area (Å²) in [4.78, 5) is 35.0. The minimum atomic E-state index is -0.872. The van der Waals surface area contributed by atoms with Crippen LogP contribution in [-0.4, -0.2) is 55.1 Å². The Morgan fingerprint density at radius 3 is 2.33 bits per heavy atom. The summed E-state index contributed by atoms with van der Waals surface area (Å²) in [5.41, 5.74) is -0.816. The molecule has 0 heterocycles. The van der Waals surface area contributed by atoms with Crippen LogP contribution >= 0.6 is 0 Å². The van der Waals surface area contributed by atoms with Gasteiger partial charge in [0.1, 0.15) is 6.54 Å². The van der Waals surface area contributed by atoms with Gasteiger partial charge in [0.15, 0.2) is 0 Å². The maximum absolute atomic E-state index is 11.6. The van der Waals surface area contributed by atoms with E-state index < -0.39 is 17.4 Å². The second kappa shape index (κ2) is 5.70. The van der Waals surface area contributed by atoms with Gasteiger partial charge < -0.3 is 20.6 Å². The van der Waals surface area contributed by atoms with Gasteiger partial charge >= 0.3 is 12.0 Å². The van der Waals surface area contributed by atoms with Crippen LogP contribution in [0.25, 0.3) is 0 Å². The molecule has 0 saturated heterocycles. The van der Waals surface area contributed by atoms with E-state index in [1.54, 1.807) is 0 Å². The van der Waals surface area contributed by atoms with E-state index in [1.165, 1.54) is 19.0 Å². The van der Waals surface area contributed by atoms with Crippen molar-refractivity contribution in [3.8, 4) is 0 Å². The van der Waals surface area contributed by atoms with Crippen LogP contribution in [0.15, 0.2) is 0 Å². The maximum atomic E-state index is 11.6. The number of urea groups is 1. The lowest BCUT2D eigenvalue weighted by atomic mass is 9.69. The van der Waals surface area contributed by atoms with Crippen molar-refractivity contribution in [3.63, 3.8) is 0 Å². The van der Waals surface area contributed by atoms with Gasteiger partial charge in [-0.05, 0) is 12.8 Å². The minimum absolute atomic E-state index is 0.0532. The fourth-order valence-electron chi connectivity index (χ4n) is 1.82. The predicted octanol–water partition coefficient (Wildman–Crippen LogP) is -0.371. The Morgan fingerprint density at radius 2 is 1.94 bits per heavy atom.